The third-order valence-electron chi connectivity index (χ3n) is 9.94. The highest BCUT2D eigenvalue weighted by Crippen LogP contribution is 2.34. The van der Waals surface area contributed by atoms with Crippen molar-refractivity contribution in [2.45, 2.75) is 39.9 Å². The van der Waals surface area contributed by atoms with Gasteiger partial charge in [0.2, 0.25) is 0 Å². The van der Waals surface area contributed by atoms with E-state index in [1.807, 2.05) is 133 Å². The zero-order valence-electron chi connectivity index (χ0n) is 35.0. The van der Waals surface area contributed by atoms with Crippen LogP contribution in [-0.4, -0.2) is 95.7 Å². The second kappa shape index (κ2) is 19.8. The monoisotopic (exact) mass is 897 g/mol. The first-order valence-corrected chi connectivity index (χ1v) is 22.1. The van der Waals surface area contributed by atoms with E-state index in [4.69, 9.17) is 16.7 Å². The van der Waals surface area contributed by atoms with Crippen LogP contribution >= 0.6 is 35.1 Å². The summed E-state index contributed by atoms with van der Waals surface area (Å²) in [6.45, 7) is 3.05. The van der Waals surface area contributed by atoms with Crippen LogP contribution < -0.4 is 4.90 Å². The molecule has 63 heavy (non-hydrogen) atoms. The van der Waals surface area contributed by atoms with Crippen molar-refractivity contribution < 1.29 is 10.2 Å². The zero-order valence-corrected chi connectivity index (χ0v) is 37.4. The first kappa shape index (κ1) is 43.3. The average molecular weight is 899 g/mol. The van der Waals surface area contributed by atoms with Gasteiger partial charge >= 0.3 is 0 Å². The number of hydrogen-bond acceptors (Lipinski definition) is 13. The number of anilines is 1. The van der Waals surface area contributed by atoms with Crippen molar-refractivity contribution in [3.05, 3.63) is 127 Å². The number of aliphatic hydroxyl groups is 2. The number of pyridine rings is 4. The standard InChI is InChI=1S/C22H21N7OS.C19H13ClN6S.C4H10O/c1-27(9-10-30)20-7-8-23-19-5-4-17(11-18(19)20)31-22-26-25-21-6-3-15(14-29(21)22)16-12-24-28(2)13-16;1-25-10-13(9-22-25)12-2-5-18-23-24-19(26(18)11-12)27-14-3-4-17-15(8-14)16(20)6-7-21-17;1-2-3-4-5/h3-8,11-14,30H,9-10H2,1-2H3;2-11H,1H3;5H,2-4H2,1H3. The van der Waals surface area contributed by atoms with Gasteiger partial charge in [0.25, 0.3) is 0 Å². The van der Waals surface area contributed by atoms with Crippen molar-refractivity contribution in [2.75, 3.05) is 31.7 Å². The third kappa shape index (κ3) is 9.98. The molecule has 0 saturated carbocycles. The molecule has 0 fully saturated rings. The van der Waals surface area contributed by atoms with E-state index in [1.165, 1.54) is 11.8 Å². The van der Waals surface area contributed by atoms with Gasteiger partial charge in [-0.3, -0.25) is 28.1 Å². The first-order chi connectivity index (χ1) is 30.7. The molecule has 2 N–H and O–H groups in total. The SMILES string of the molecule is CCCCO.CN(CCO)c1ccnc2ccc(Sc3nnc4ccc(-c5cnn(C)c5)cn34)cc12.Cn1cc(-c2ccc3nnc(Sc4ccc5nccc(Cl)c5c4)n3c2)cn1. The molecular weight excluding hydrogens is 854 g/mol. The van der Waals surface area contributed by atoms with E-state index < -0.39 is 0 Å². The number of likely N-dealkylation sites (N-methyl/N-ethyl adjacent to an activating group) is 1. The molecule has 0 bridgehead atoms. The van der Waals surface area contributed by atoms with Crippen molar-refractivity contribution in [3.8, 4) is 22.3 Å². The Morgan fingerprint density at radius 2 is 1.16 bits per heavy atom. The number of aromatic nitrogens is 12. The van der Waals surface area contributed by atoms with Crippen LogP contribution in [0.3, 0.4) is 0 Å². The normalized spacial score (nSPS) is 11.2. The Balaban J connectivity index is 0.000000157. The van der Waals surface area contributed by atoms with Gasteiger partial charge in [0.05, 0.1) is 35.1 Å². The van der Waals surface area contributed by atoms with E-state index in [-0.39, 0.29) is 6.61 Å². The van der Waals surface area contributed by atoms with Gasteiger partial charge in [-0.2, -0.15) is 10.2 Å². The summed E-state index contributed by atoms with van der Waals surface area (Å²) >= 11 is 9.40. The van der Waals surface area contributed by atoms with Gasteiger partial charge in [0, 0.05) is 120 Å². The summed E-state index contributed by atoms with van der Waals surface area (Å²) < 4.78 is 7.56. The van der Waals surface area contributed by atoms with Crippen LogP contribution in [-0.2, 0) is 14.1 Å². The summed E-state index contributed by atoms with van der Waals surface area (Å²) in [6, 6.07) is 23.9. The topological polar surface area (TPSA) is 166 Å². The van der Waals surface area contributed by atoms with E-state index in [0.29, 0.717) is 18.2 Å². The van der Waals surface area contributed by atoms with Crippen molar-refractivity contribution in [1.29, 1.82) is 0 Å². The molecule has 0 unspecified atom stereocenters. The Labute approximate surface area is 376 Å². The summed E-state index contributed by atoms with van der Waals surface area (Å²) in [5.74, 6) is 0. The quantitative estimate of drug-likeness (QED) is 0.127. The molecule has 0 saturated heterocycles. The summed E-state index contributed by atoms with van der Waals surface area (Å²) in [5.41, 5.74) is 8.61. The minimum absolute atomic E-state index is 0.0970. The smallest absolute Gasteiger partial charge is 0.200 e. The molecule has 0 atom stereocenters. The number of unbranched alkanes of at least 4 members (excludes halogenated alkanes) is 1. The summed E-state index contributed by atoms with van der Waals surface area (Å²) in [5, 5.41) is 47.4. The van der Waals surface area contributed by atoms with E-state index >= 15 is 0 Å². The van der Waals surface area contributed by atoms with Crippen LogP contribution in [0, 0.1) is 0 Å². The molecule has 0 spiro atoms. The number of aliphatic hydroxyl groups excluding tert-OH is 2. The minimum atomic E-state index is 0.0970. The first-order valence-electron chi connectivity index (χ1n) is 20.1. The second-order valence-electron chi connectivity index (χ2n) is 14.5. The Morgan fingerprint density at radius 3 is 1.65 bits per heavy atom. The Kier molecular flexibility index (Phi) is 13.6. The fraction of sp³-hybridized carbons (Fsp3) is 0.200. The summed E-state index contributed by atoms with van der Waals surface area (Å²) in [7, 11) is 5.78. The molecule has 10 aromatic rings. The maximum Gasteiger partial charge on any atom is 0.200 e. The van der Waals surface area contributed by atoms with Gasteiger partial charge in [-0.25, -0.2) is 0 Å². The van der Waals surface area contributed by atoms with Crippen molar-refractivity contribution in [2.24, 2.45) is 14.1 Å². The highest BCUT2D eigenvalue weighted by molar-refractivity contribution is 7.99. The molecule has 8 heterocycles. The zero-order chi connectivity index (χ0) is 43.9. The van der Waals surface area contributed by atoms with Gasteiger partial charge in [0.15, 0.2) is 21.6 Å². The van der Waals surface area contributed by atoms with Crippen LogP contribution in [0.15, 0.2) is 142 Å². The largest absolute Gasteiger partial charge is 0.396 e. The highest BCUT2D eigenvalue weighted by atomic mass is 35.5. The molecule has 15 nitrogen and oxygen atoms in total. The van der Waals surface area contributed by atoms with Crippen molar-refractivity contribution >= 4 is 73.9 Å². The molecule has 0 aliphatic rings. The predicted octanol–water partition coefficient (Wildman–Crippen LogP) is 8.52. The number of nitrogens with zero attached hydrogens (tertiary/aromatic N) is 13. The molecule has 2 aromatic carbocycles. The van der Waals surface area contributed by atoms with Crippen LogP contribution in [0.25, 0.3) is 55.4 Å². The minimum Gasteiger partial charge on any atom is -0.396 e. The van der Waals surface area contributed by atoms with Crippen molar-refractivity contribution in [1.82, 2.24) is 58.7 Å². The number of benzene rings is 2. The molecule has 0 aliphatic heterocycles. The molecule has 320 valence electrons. The fourth-order valence-electron chi connectivity index (χ4n) is 6.66. The van der Waals surface area contributed by atoms with E-state index in [1.54, 1.807) is 39.6 Å². The molecule has 0 amide bonds. The summed E-state index contributed by atoms with van der Waals surface area (Å²) in [4.78, 5) is 12.9. The van der Waals surface area contributed by atoms with Crippen LogP contribution in [0.2, 0.25) is 5.02 Å². The molecular formula is C45H44ClN13O2S2. The lowest BCUT2D eigenvalue weighted by Crippen LogP contribution is -2.21. The third-order valence-corrected chi connectivity index (χ3v) is 12.2. The highest BCUT2D eigenvalue weighted by Gasteiger charge is 2.14. The van der Waals surface area contributed by atoms with Crippen LogP contribution in [0.1, 0.15) is 19.8 Å². The van der Waals surface area contributed by atoms with Gasteiger partial charge < -0.3 is 15.1 Å². The van der Waals surface area contributed by atoms with Gasteiger partial charge in [-0.05, 0) is 103 Å². The summed E-state index contributed by atoms with van der Waals surface area (Å²) in [6.07, 6.45) is 17.3. The van der Waals surface area contributed by atoms with Crippen LogP contribution in [0.5, 0.6) is 0 Å². The van der Waals surface area contributed by atoms with Crippen LogP contribution in [0.4, 0.5) is 5.69 Å². The molecule has 8 aromatic heterocycles. The number of hydrogen-bond donors (Lipinski definition) is 2. The van der Waals surface area contributed by atoms with E-state index in [0.717, 1.165) is 94.0 Å². The predicted molar refractivity (Wildman–Crippen MR) is 249 cm³/mol. The number of fused-ring (bicyclic) bond motifs is 4. The van der Waals surface area contributed by atoms with Crippen molar-refractivity contribution in [3.63, 3.8) is 0 Å². The molecule has 18 heteroatoms. The lowest BCUT2D eigenvalue weighted by atomic mass is 10.2. The average Bonchev–Trinajstić information content (AvgIpc) is 4.12. The van der Waals surface area contributed by atoms with E-state index in [2.05, 4.69) is 53.6 Å². The van der Waals surface area contributed by atoms with E-state index in [9.17, 15) is 5.11 Å². The molecule has 0 aliphatic carbocycles. The molecule has 0 radical (unpaired) electrons. The lowest BCUT2D eigenvalue weighted by Gasteiger charge is -2.20. The fourth-order valence-corrected chi connectivity index (χ4v) is 8.57. The second-order valence-corrected chi connectivity index (χ2v) is 17.0. The Hall–Kier alpha value is -6.37. The number of aryl methyl sites for hydroxylation is 2. The Morgan fingerprint density at radius 1 is 0.619 bits per heavy atom. The Bertz CT molecular complexity index is 3140. The van der Waals surface area contributed by atoms with Gasteiger partial charge in [0.1, 0.15) is 0 Å². The maximum atomic E-state index is 9.32. The molecule has 10 rings (SSSR count). The van der Waals surface area contributed by atoms with Gasteiger partial charge in [-0.15, -0.1) is 20.4 Å². The number of halogens is 1. The maximum absolute atomic E-state index is 9.32. The lowest BCUT2D eigenvalue weighted by molar-refractivity contribution is 0.287. The number of rotatable bonds is 11. The van der Waals surface area contributed by atoms with Gasteiger partial charge in [-0.1, -0.05) is 24.9 Å².